The predicted molar refractivity (Wildman–Crippen MR) is 95.0 cm³/mol. The Morgan fingerprint density at radius 3 is 2.24 bits per heavy atom. The summed E-state index contributed by atoms with van der Waals surface area (Å²) in [5.74, 6) is 0.976. The van der Waals surface area contributed by atoms with Gasteiger partial charge in [0.2, 0.25) is 0 Å². The van der Waals surface area contributed by atoms with E-state index in [1.54, 1.807) is 25.2 Å². The van der Waals surface area contributed by atoms with Gasteiger partial charge in [0.25, 0.3) is 5.91 Å². The van der Waals surface area contributed by atoms with Crippen molar-refractivity contribution in [3.8, 4) is 11.5 Å². The molecule has 0 saturated carbocycles. The van der Waals surface area contributed by atoms with Crippen LogP contribution in [0.5, 0.6) is 11.5 Å². The first-order chi connectivity index (χ1) is 12.0. The molecule has 130 valence electrons. The largest absolute Gasteiger partial charge is 0.497 e. The summed E-state index contributed by atoms with van der Waals surface area (Å²) >= 11 is 0. The van der Waals surface area contributed by atoms with Crippen LogP contribution in [-0.4, -0.2) is 31.0 Å². The van der Waals surface area contributed by atoms with E-state index in [2.05, 4.69) is 5.16 Å². The van der Waals surface area contributed by atoms with Gasteiger partial charge >= 0.3 is 0 Å². The van der Waals surface area contributed by atoms with Gasteiger partial charge in [0.15, 0.2) is 5.71 Å². The molecule has 1 aliphatic rings. The molecule has 0 spiro atoms. The molecule has 0 radical (unpaired) electrons. The highest BCUT2D eigenvalue weighted by Gasteiger charge is 2.36. The van der Waals surface area contributed by atoms with Crippen LogP contribution in [0.4, 0.5) is 5.69 Å². The summed E-state index contributed by atoms with van der Waals surface area (Å²) in [6.45, 7) is 4.21. The third-order valence-electron chi connectivity index (χ3n) is 4.27. The van der Waals surface area contributed by atoms with Gasteiger partial charge < -0.3 is 19.6 Å². The number of benzene rings is 2. The summed E-state index contributed by atoms with van der Waals surface area (Å²) in [7, 11) is 3.16. The number of fused-ring (bicyclic) bond motifs is 1. The first-order valence-electron chi connectivity index (χ1n) is 7.86. The molecule has 0 atom stereocenters. The van der Waals surface area contributed by atoms with Crippen molar-refractivity contribution in [2.24, 2.45) is 5.16 Å². The Morgan fingerprint density at radius 1 is 1.04 bits per heavy atom. The lowest BCUT2D eigenvalue weighted by Crippen LogP contribution is -2.30. The molecular weight excluding hydrogens is 320 g/mol. The Morgan fingerprint density at radius 2 is 1.68 bits per heavy atom. The van der Waals surface area contributed by atoms with Crippen molar-refractivity contribution in [2.45, 2.75) is 20.4 Å². The molecule has 0 fully saturated rings. The molecule has 2 aromatic carbocycles. The Hall–Kier alpha value is -3.02. The zero-order valence-corrected chi connectivity index (χ0v) is 14.7. The summed E-state index contributed by atoms with van der Waals surface area (Å²) in [4.78, 5) is 14.4. The fourth-order valence-corrected chi connectivity index (χ4v) is 3.23. The molecule has 0 aromatic heterocycles. The van der Waals surface area contributed by atoms with Crippen molar-refractivity contribution in [1.82, 2.24) is 0 Å². The summed E-state index contributed by atoms with van der Waals surface area (Å²) in [6.07, 6.45) is 0. The Labute approximate surface area is 146 Å². The number of rotatable bonds is 4. The molecule has 6 heteroatoms. The monoisotopic (exact) mass is 340 g/mol. The predicted octanol–water partition coefficient (Wildman–Crippen LogP) is 3.05. The van der Waals surface area contributed by atoms with E-state index in [-0.39, 0.29) is 11.6 Å². The lowest BCUT2D eigenvalue weighted by atomic mass is 10.0. The van der Waals surface area contributed by atoms with Crippen molar-refractivity contribution in [3.05, 3.63) is 52.6 Å². The Bertz CT molecular complexity index is 852. The van der Waals surface area contributed by atoms with Crippen LogP contribution in [0.15, 0.2) is 35.5 Å². The minimum absolute atomic E-state index is 0.0664. The van der Waals surface area contributed by atoms with Crippen LogP contribution in [0, 0.1) is 13.8 Å². The molecule has 1 aliphatic heterocycles. The number of aryl methyl sites for hydroxylation is 2. The van der Waals surface area contributed by atoms with Crippen LogP contribution >= 0.6 is 0 Å². The molecule has 1 amide bonds. The zero-order chi connectivity index (χ0) is 18.1. The number of amides is 1. The van der Waals surface area contributed by atoms with Crippen LogP contribution in [0.3, 0.4) is 0 Å². The molecule has 25 heavy (non-hydrogen) atoms. The van der Waals surface area contributed by atoms with Crippen LogP contribution in [-0.2, 0) is 11.3 Å². The van der Waals surface area contributed by atoms with Gasteiger partial charge in [-0.15, -0.1) is 0 Å². The van der Waals surface area contributed by atoms with E-state index >= 15 is 0 Å². The third-order valence-corrected chi connectivity index (χ3v) is 4.27. The number of ether oxygens (including phenoxy) is 2. The SMILES string of the molecule is COc1cc(CN2C(=O)/C(=N\O)c3cc(C)cc(C)c32)cc(OC)c1. The number of nitrogens with zero attached hydrogens (tertiary/aromatic N) is 2. The second kappa shape index (κ2) is 6.47. The quantitative estimate of drug-likeness (QED) is 0.686. The first kappa shape index (κ1) is 16.8. The van der Waals surface area contributed by atoms with Gasteiger partial charge in [-0.25, -0.2) is 0 Å². The lowest BCUT2D eigenvalue weighted by molar-refractivity contribution is -0.112. The van der Waals surface area contributed by atoms with E-state index < -0.39 is 0 Å². The van der Waals surface area contributed by atoms with E-state index in [1.807, 2.05) is 38.1 Å². The fraction of sp³-hybridized carbons (Fsp3) is 0.263. The molecule has 0 saturated heterocycles. The minimum Gasteiger partial charge on any atom is -0.497 e. The fourth-order valence-electron chi connectivity index (χ4n) is 3.23. The summed E-state index contributed by atoms with van der Waals surface area (Å²) in [5.41, 5.74) is 4.31. The highest BCUT2D eigenvalue weighted by atomic mass is 16.5. The smallest absolute Gasteiger partial charge is 0.281 e. The summed E-state index contributed by atoms with van der Waals surface area (Å²) in [5, 5.41) is 12.5. The molecule has 3 rings (SSSR count). The van der Waals surface area contributed by atoms with Gasteiger partial charge in [-0.2, -0.15) is 0 Å². The second-order valence-electron chi connectivity index (χ2n) is 6.04. The number of carbonyl (C=O) groups excluding carboxylic acids is 1. The number of hydrogen-bond acceptors (Lipinski definition) is 5. The van der Waals surface area contributed by atoms with Gasteiger partial charge in [0.05, 0.1) is 26.5 Å². The third kappa shape index (κ3) is 2.91. The maximum atomic E-state index is 12.7. The maximum Gasteiger partial charge on any atom is 0.281 e. The van der Waals surface area contributed by atoms with Crippen LogP contribution in [0.2, 0.25) is 0 Å². The first-order valence-corrected chi connectivity index (χ1v) is 7.86. The number of hydrogen-bond donors (Lipinski definition) is 1. The number of anilines is 1. The highest BCUT2D eigenvalue weighted by molar-refractivity contribution is 6.54. The van der Waals surface area contributed by atoms with E-state index in [4.69, 9.17) is 9.47 Å². The normalized spacial score (nSPS) is 14.8. The van der Waals surface area contributed by atoms with Gasteiger partial charge in [-0.05, 0) is 43.2 Å². The number of carbonyl (C=O) groups is 1. The molecule has 1 N–H and O–H groups in total. The van der Waals surface area contributed by atoms with E-state index in [0.29, 0.717) is 23.6 Å². The van der Waals surface area contributed by atoms with Crippen LogP contribution < -0.4 is 14.4 Å². The van der Waals surface area contributed by atoms with E-state index in [0.717, 1.165) is 22.4 Å². The van der Waals surface area contributed by atoms with Gasteiger partial charge in [0, 0.05) is 11.6 Å². The second-order valence-corrected chi connectivity index (χ2v) is 6.04. The molecular formula is C19H20N2O4. The van der Waals surface area contributed by atoms with Crippen LogP contribution in [0.25, 0.3) is 0 Å². The summed E-state index contributed by atoms with van der Waals surface area (Å²) in [6, 6.07) is 9.35. The Balaban J connectivity index is 2.07. The molecule has 0 aliphatic carbocycles. The topological polar surface area (TPSA) is 71.4 Å². The average molecular weight is 340 g/mol. The minimum atomic E-state index is -0.326. The van der Waals surface area contributed by atoms with Crippen molar-refractivity contribution in [1.29, 1.82) is 0 Å². The number of oxime groups is 1. The van der Waals surface area contributed by atoms with Crippen molar-refractivity contribution >= 4 is 17.3 Å². The van der Waals surface area contributed by atoms with Gasteiger partial charge in [-0.3, -0.25) is 4.79 Å². The van der Waals surface area contributed by atoms with Crippen molar-refractivity contribution in [2.75, 3.05) is 19.1 Å². The molecule has 0 bridgehead atoms. The van der Waals surface area contributed by atoms with E-state index in [9.17, 15) is 10.0 Å². The van der Waals surface area contributed by atoms with Gasteiger partial charge in [0.1, 0.15) is 11.5 Å². The van der Waals surface area contributed by atoms with Crippen molar-refractivity contribution in [3.63, 3.8) is 0 Å². The number of methoxy groups -OCH3 is 2. The zero-order valence-electron chi connectivity index (χ0n) is 14.7. The lowest BCUT2D eigenvalue weighted by Gasteiger charge is -2.20. The Kier molecular flexibility index (Phi) is 4.35. The van der Waals surface area contributed by atoms with E-state index in [1.165, 1.54) is 0 Å². The van der Waals surface area contributed by atoms with Gasteiger partial charge in [-0.1, -0.05) is 16.8 Å². The molecule has 0 unspecified atom stereocenters. The maximum absolute atomic E-state index is 12.7. The molecule has 6 nitrogen and oxygen atoms in total. The molecule has 2 aromatic rings. The highest BCUT2D eigenvalue weighted by Crippen LogP contribution is 2.35. The average Bonchev–Trinajstić information content (AvgIpc) is 2.85. The van der Waals surface area contributed by atoms with Crippen LogP contribution in [0.1, 0.15) is 22.3 Å². The summed E-state index contributed by atoms with van der Waals surface area (Å²) < 4.78 is 10.6. The van der Waals surface area contributed by atoms with Crippen molar-refractivity contribution < 1.29 is 19.5 Å². The standard InChI is InChI=1S/C19H20N2O4/c1-11-5-12(2)18-16(6-11)17(20-23)19(22)21(18)10-13-7-14(24-3)9-15(8-13)25-4/h5-9,23H,10H2,1-4H3/b20-17-. The molecule has 1 heterocycles.